The Hall–Kier alpha value is -2.99. The van der Waals surface area contributed by atoms with E-state index in [1.165, 1.54) is 12.5 Å². The highest BCUT2D eigenvalue weighted by atomic mass is 16.4. The Morgan fingerprint density at radius 3 is 2.17 bits per heavy atom. The maximum absolute atomic E-state index is 13.2. The maximum atomic E-state index is 13.2. The number of nitrogens with one attached hydrogen (secondary N) is 4. The first-order valence-electron chi connectivity index (χ1n) is 12.1. The second kappa shape index (κ2) is 15.1. The van der Waals surface area contributed by atoms with Gasteiger partial charge >= 0.3 is 5.97 Å². The number of carbonyl (C=O) groups is 4. The topological polar surface area (TPSA) is 205 Å². The van der Waals surface area contributed by atoms with Crippen molar-refractivity contribution >= 4 is 23.7 Å². The fourth-order valence-electron chi connectivity index (χ4n) is 3.41. The first-order chi connectivity index (χ1) is 16.5. The van der Waals surface area contributed by atoms with Gasteiger partial charge in [-0.3, -0.25) is 14.4 Å². The zero-order valence-corrected chi connectivity index (χ0v) is 21.0. The summed E-state index contributed by atoms with van der Waals surface area (Å²) in [6.07, 6.45) is 5.22. The number of H-pyrrole nitrogens is 1. The van der Waals surface area contributed by atoms with Crippen molar-refractivity contribution in [1.82, 2.24) is 25.9 Å². The highest BCUT2D eigenvalue weighted by molar-refractivity contribution is 5.94. The molecule has 5 unspecified atom stereocenters. The second-order valence-corrected chi connectivity index (χ2v) is 9.17. The van der Waals surface area contributed by atoms with E-state index in [9.17, 15) is 24.3 Å². The summed E-state index contributed by atoms with van der Waals surface area (Å²) in [6, 6.07) is -3.93. The van der Waals surface area contributed by atoms with Crippen LogP contribution < -0.4 is 27.4 Å². The van der Waals surface area contributed by atoms with Crippen LogP contribution in [0.25, 0.3) is 0 Å². The van der Waals surface area contributed by atoms with E-state index in [1.54, 1.807) is 13.8 Å². The third-order valence-electron chi connectivity index (χ3n) is 5.98. The molecule has 0 aromatic carbocycles. The lowest BCUT2D eigenvalue weighted by molar-refractivity contribution is -0.143. The minimum absolute atomic E-state index is 0.0929. The highest BCUT2D eigenvalue weighted by Gasteiger charge is 2.32. The van der Waals surface area contributed by atoms with Crippen LogP contribution in [0, 0.1) is 11.8 Å². The number of aliphatic carboxylic acids is 1. The molecule has 3 amide bonds. The Morgan fingerprint density at radius 2 is 1.66 bits per heavy atom. The summed E-state index contributed by atoms with van der Waals surface area (Å²) in [4.78, 5) is 57.3. The molecule has 0 aliphatic carbocycles. The molecule has 1 aromatic rings. The number of carbonyl (C=O) groups excluding carboxylic acids is 3. The van der Waals surface area contributed by atoms with E-state index in [4.69, 9.17) is 11.5 Å². The van der Waals surface area contributed by atoms with Crippen molar-refractivity contribution < 1.29 is 24.3 Å². The number of aromatic amines is 1. The first kappa shape index (κ1) is 30.0. The third kappa shape index (κ3) is 10.0. The van der Waals surface area contributed by atoms with Crippen molar-refractivity contribution in [2.45, 2.75) is 84.0 Å². The fourth-order valence-corrected chi connectivity index (χ4v) is 3.41. The zero-order chi connectivity index (χ0) is 26.5. The van der Waals surface area contributed by atoms with Crippen LogP contribution in [-0.4, -0.2) is 69.5 Å². The molecule has 35 heavy (non-hydrogen) atoms. The van der Waals surface area contributed by atoms with Crippen LogP contribution in [0.5, 0.6) is 0 Å². The number of imidazole rings is 1. The molecule has 12 nitrogen and oxygen atoms in total. The van der Waals surface area contributed by atoms with E-state index < -0.39 is 47.9 Å². The number of unbranched alkanes of at least 4 members (excludes halogenated alkanes) is 1. The van der Waals surface area contributed by atoms with Gasteiger partial charge in [-0.05, 0) is 37.6 Å². The van der Waals surface area contributed by atoms with Crippen LogP contribution in [0.1, 0.15) is 59.1 Å². The Morgan fingerprint density at radius 1 is 1.03 bits per heavy atom. The molecule has 0 spiro atoms. The van der Waals surface area contributed by atoms with Crippen LogP contribution in [0.2, 0.25) is 0 Å². The Labute approximate surface area is 206 Å². The van der Waals surface area contributed by atoms with Gasteiger partial charge < -0.3 is 37.5 Å². The molecule has 1 aromatic heterocycles. The fraction of sp³-hybridized carbons (Fsp3) is 0.696. The van der Waals surface area contributed by atoms with Gasteiger partial charge in [0.1, 0.15) is 18.1 Å². The number of nitrogens with zero attached hydrogens (tertiary/aromatic N) is 1. The SMILES string of the molecule is CCC(C)C(N)C(=O)NC(Cc1cnc[nH]1)C(=O)NC(CCCCN)C(=O)NC(C(=O)O)C(C)C. The monoisotopic (exact) mass is 495 g/mol. The average molecular weight is 496 g/mol. The molecule has 5 atom stereocenters. The largest absolute Gasteiger partial charge is 0.480 e. The minimum atomic E-state index is -1.16. The van der Waals surface area contributed by atoms with E-state index >= 15 is 0 Å². The van der Waals surface area contributed by atoms with Gasteiger partial charge in [-0.15, -0.1) is 0 Å². The predicted molar refractivity (Wildman–Crippen MR) is 131 cm³/mol. The molecule has 0 saturated carbocycles. The summed E-state index contributed by atoms with van der Waals surface area (Å²) in [5.41, 5.74) is 12.2. The Balaban J connectivity index is 3.07. The molecule has 0 aliphatic heterocycles. The summed E-state index contributed by atoms with van der Waals surface area (Å²) in [5.74, 6) is -3.29. The van der Waals surface area contributed by atoms with E-state index in [2.05, 4.69) is 25.9 Å². The molecule has 0 saturated heterocycles. The number of carboxylic acids is 1. The molecule has 0 fully saturated rings. The number of hydrogen-bond acceptors (Lipinski definition) is 7. The van der Waals surface area contributed by atoms with Gasteiger partial charge in [-0.1, -0.05) is 34.1 Å². The standard InChI is InChI=1S/C23H41N7O5/c1-5-14(4)18(25)22(33)29-17(10-15-11-26-12-27-15)21(32)28-16(8-6-7-9-24)20(31)30-19(13(2)3)23(34)35/h11-14,16-19H,5-10,24-25H2,1-4H3,(H,26,27)(H,28,32)(H,29,33)(H,30,31)(H,34,35). The number of hydrogen-bond donors (Lipinski definition) is 7. The number of nitrogens with two attached hydrogens (primary N) is 2. The summed E-state index contributed by atoms with van der Waals surface area (Å²) < 4.78 is 0. The van der Waals surface area contributed by atoms with Crippen molar-refractivity contribution in [3.8, 4) is 0 Å². The van der Waals surface area contributed by atoms with Crippen molar-refractivity contribution in [1.29, 1.82) is 0 Å². The molecule has 198 valence electrons. The van der Waals surface area contributed by atoms with Crippen molar-refractivity contribution in [2.24, 2.45) is 23.3 Å². The molecule has 1 heterocycles. The van der Waals surface area contributed by atoms with Gasteiger partial charge in [0.25, 0.3) is 0 Å². The number of rotatable bonds is 16. The lowest BCUT2D eigenvalue weighted by Crippen LogP contribution is -2.58. The van der Waals surface area contributed by atoms with E-state index in [1.807, 2.05) is 13.8 Å². The highest BCUT2D eigenvalue weighted by Crippen LogP contribution is 2.09. The molecule has 1 rings (SSSR count). The summed E-state index contributed by atoms with van der Waals surface area (Å²) in [5, 5.41) is 17.3. The number of amides is 3. The van der Waals surface area contributed by atoms with Crippen molar-refractivity contribution in [2.75, 3.05) is 6.54 Å². The van der Waals surface area contributed by atoms with Crippen LogP contribution in [-0.2, 0) is 25.6 Å². The average Bonchev–Trinajstić information content (AvgIpc) is 3.32. The van der Waals surface area contributed by atoms with Crippen molar-refractivity contribution in [3.05, 3.63) is 18.2 Å². The van der Waals surface area contributed by atoms with Crippen LogP contribution >= 0.6 is 0 Å². The number of carboxylic acid groups (broad SMARTS) is 1. The lowest BCUT2D eigenvalue weighted by Gasteiger charge is -2.26. The molecular formula is C23H41N7O5. The van der Waals surface area contributed by atoms with E-state index in [-0.39, 0.29) is 24.7 Å². The van der Waals surface area contributed by atoms with Gasteiger partial charge in [0.2, 0.25) is 17.7 Å². The summed E-state index contributed by atoms with van der Waals surface area (Å²) >= 11 is 0. The summed E-state index contributed by atoms with van der Waals surface area (Å²) in [7, 11) is 0. The molecule has 0 bridgehead atoms. The van der Waals surface area contributed by atoms with E-state index in [0.29, 0.717) is 31.5 Å². The van der Waals surface area contributed by atoms with Gasteiger partial charge in [0, 0.05) is 18.3 Å². The predicted octanol–water partition coefficient (Wildman–Crippen LogP) is -0.350. The molecule has 9 N–H and O–H groups in total. The first-order valence-corrected chi connectivity index (χ1v) is 12.1. The summed E-state index contributed by atoms with van der Waals surface area (Å²) in [6.45, 7) is 7.53. The second-order valence-electron chi connectivity index (χ2n) is 9.17. The Bertz CT molecular complexity index is 815. The Kier molecular flexibility index (Phi) is 13.0. The molecule has 12 heteroatoms. The molecule has 0 aliphatic rings. The van der Waals surface area contributed by atoms with Crippen molar-refractivity contribution in [3.63, 3.8) is 0 Å². The van der Waals surface area contributed by atoms with Crippen LogP contribution in [0.15, 0.2) is 12.5 Å². The molecular weight excluding hydrogens is 454 g/mol. The third-order valence-corrected chi connectivity index (χ3v) is 5.98. The van der Waals surface area contributed by atoms with E-state index in [0.717, 1.165) is 0 Å². The smallest absolute Gasteiger partial charge is 0.326 e. The number of aromatic nitrogens is 2. The normalized spacial score (nSPS) is 15.5. The van der Waals surface area contributed by atoms with Gasteiger partial charge in [0.05, 0.1) is 12.4 Å². The lowest BCUT2D eigenvalue weighted by atomic mass is 9.98. The minimum Gasteiger partial charge on any atom is -0.480 e. The van der Waals surface area contributed by atoms with Crippen LogP contribution in [0.4, 0.5) is 0 Å². The van der Waals surface area contributed by atoms with Crippen LogP contribution in [0.3, 0.4) is 0 Å². The quantitative estimate of drug-likeness (QED) is 0.150. The van der Waals surface area contributed by atoms with Gasteiger partial charge in [0.15, 0.2) is 0 Å². The zero-order valence-electron chi connectivity index (χ0n) is 21.0. The molecule has 0 radical (unpaired) electrons. The van der Waals surface area contributed by atoms with Gasteiger partial charge in [-0.2, -0.15) is 0 Å². The maximum Gasteiger partial charge on any atom is 0.326 e. The van der Waals surface area contributed by atoms with Gasteiger partial charge in [-0.25, -0.2) is 9.78 Å².